The Morgan fingerprint density at radius 3 is 2.72 bits per heavy atom. The number of nitriles is 1. The molecule has 0 bridgehead atoms. The van der Waals surface area contributed by atoms with E-state index in [-0.39, 0.29) is 0 Å². The van der Waals surface area contributed by atoms with Crippen LogP contribution in [0.5, 0.6) is 0 Å². The number of allylic oxidation sites excluding steroid dienone is 1. The number of nitrogens with two attached hydrogens (primary N) is 1. The second-order valence-corrected chi connectivity index (χ2v) is 5.28. The summed E-state index contributed by atoms with van der Waals surface area (Å²) in [6.07, 6.45) is 0. The monoisotopic (exact) mass is 274 g/mol. The molecule has 0 radical (unpaired) electrons. The minimum atomic E-state index is 0.463. The molecule has 18 heavy (non-hydrogen) atoms. The molecular weight excluding hydrogens is 264 g/mol. The second kappa shape index (κ2) is 5.26. The highest BCUT2D eigenvalue weighted by Crippen LogP contribution is 2.27. The van der Waals surface area contributed by atoms with Gasteiger partial charge >= 0.3 is 0 Å². The van der Waals surface area contributed by atoms with Crippen LogP contribution in [0, 0.1) is 18.3 Å². The van der Waals surface area contributed by atoms with E-state index in [0.717, 1.165) is 16.0 Å². The Morgan fingerprint density at radius 2 is 2.17 bits per heavy atom. The first-order valence-electron chi connectivity index (χ1n) is 5.33. The van der Waals surface area contributed by atoms with Crippen LogP contribution in [0.2, 0.25) is 5.02 Å². The van der Waals surface area contributed by atoms with E-state index in [2.05, 4.69) is 6.07 Å². The molecule has 4 heteroatoms. The third-order valence-electron chi connectivity index (χ3n) is 2.50. The van der Waals surface area contributed by atoms with Crippen molar-refractivity contribution < 1.29 is 0 Å². The van der Waals surface area contributed by atoms with Crippen LogP contribution in [0.25, 0.3) is 11.3 Å². The highest BCUT2D eigenvalue weighted by Gasteiger charge is 2.10. The van der Waals surface area contributed by atoms with Crippen LogP contribution in [0.4, 0.5) is 0 Å². The molecule has 0 atom stereocenters. The molecule has 1 aromatic heterocycles. The Kier molecular flexibility index (Phi) is 3.71. The van der Waals surface area contributed by atoms with E-state index < -0.39 is 0 Å². The summed E-state index contributed by atoms with van der Waals surface area (Å²) in [6.45, 7) is 1.94. The predicted molar refractivity (Wildman–Crippen MR) is 77.1 cm³/mol. The van der Waals surface area contributed by atoms with Gasteiger partial charge in [0.05, 0.1) is 11.3 Å². The van der Waals surface area contributed by atoms with Crippen molar-refractivity contribution in [2.75, 3.05) is 0 Å². The number of benzene rings is 1. The van der Waals surface area contributed by atoms with Gasteiger partial charge in [-0.25, -0.2) is 0 Å². The highest BCUT2D eigenvalue weighted by atomic mass is 35.5. The maximum Gasteiger partial charge on any atom is 0.103 e. The lowest BCUT2D eigenvalue weighted by Crippen LogP contribution is -2.00. The predicted octanol–water partition coefficient (Wildman–Crippen LogP) is 4.06. The second-order valence-electron chi connectivity index (χ2n) is 3.90. The van der Waals surface area contributed by atoms with Crippen molar-refractivity contribution in [1.82, 2.24) is 0 Å². The Balaban J connectivity index is 2.58. The van der Waals surface area contributed by atoms with Gasteiger partial charge in [0.15, 0.2) is 0 Å². The molecule has 1 heterocycles. The fourth-order valence-electron chi connectivity index (χ4n) is 1.71. The van der Waals surface area contributed by atoms with Crippen molar-refractivity contribution >= 4 is 34.2 Å². The van der Waals surface area contributed by atoms with Crippen molar-refractivity contribution in [3.63, 3.8) is 0 Å². The summed E-state index contributed by atoms with van der Waals surface area (Å²) >= 11 is 7.50. The number of rotatable bonds is 2. The molecule has 0 aliphatic heterocycles. The van der Waals surface area contributed by atoms with Gasteiger partial charge in [0, 0.05) is 15.5 Å². The van der Waals surface area contributed by atoms with Crippen LogP contribution in [0.15, 0.2) is 35.7 Å². The van der Waals surface area contributed by atoms with Gasteiger partial charge in [0.25, 0.3) is 0 Å². The van der Waals surface area contributed by atoms with Gasteiger partial charge < -0.3 is 5.73 Å². The lowest BCUT2D eigenvalue weighted by Gasteiger charge is -2.06. The minimum Gasteiger partial charge on any atom is -0.397 e. The van der Waals surface area contributed by atoms with Crippen LogP contribution in [-0.2, 0) is 0 Å². The largest absolute Gasteiger partial charge is 0.397 e. The van der Waals surface area contributed by atoms with Crippen LogP contribution < -0.4 is 5.73 Å². The number of hydrogen-bond donors (Lipinski definition) is 1. The summed E-state index contributed by atoms with van der Waals surface area (Å²) in [5.74, 6) is 0. The van der Waals surface area contributed by atoms with Gasteiger partial charge in [0.1, 0.15) is 6.07 Å². The van der Waals surface area contributed by atoms with Crippen LogP contribution >= 0.6 is 22.9 Å². The van der Waals surface area contributed by atoms with Crippen molar-refractivity contribution in [3.05, 3.63) is 56.7 Å². The smallest absolute Gasteiger partial charge is 0.103 e. The van der Waals surface area contributed by atoms with Crippen LogP contribution in [0.3, 0.4) is 0 Å². The van der Waals surface area contributed by atoms with E-state index >= 15 is 0 Å². The number of thiophene rings is 1. The fourth-order valence-corrected chi connectivity index (χ4v) is 2.73. The van der Waals surface area contributed by atoms with Crippen LogP contribution in [-0.4, -0.2) is 0 Å². The SMILES string of the molecule is Cc1cc(Cl)cc(/C(N)=C(/C#N)c2cccs2)c1. The summed E-state index contributed by atoms with van der Waals surface area (Å²) in [5.41, 5.74) is 8.84. The summed E-state index contributed by atoms with van der Waals surface area (Å²) < 4.78 is 0. The first-order chi connectivity index (χ1) is 8.61. The third kappa shape index (κ3) is 2.56. The van der Waals surface area contributed by atoms with E-state index in [1.165, 1.54) is 11.3 Å². The highest BCUT2D eigenvalue weighted by molar-refractivity contribution is 7.11. The number of nitrogens with zero attached hydrogens (tertiary/aromatic N) is 1. The van der Waals surface area contributed by atoms with Gasteiger partial charge in [-0.15, -0.1) is 11.3 Å². The molecule has 0 aliphatic rings. The molecule has 2 nitrogen and oxygen atoms in total. The normalized spacial score (nSPS) is 11.8. The summed E-state index contributed by atoms with van der Waals surface area (Å²) in [6, 6.07) is 11.5. The van der Waals surface area contributed by atoms with Gasteiger partial charge in [-0.3, -0.25) is 0 Å². The third-order valence-corrected chi connectivity index (χ3v) is 3.61. The molecule has 0 fully saturated rings. The maximum atomic E-state index is 9.25. The zero-order chi connectivity index (χ0) is 13.1. The first-order valence-corrected chi connectivity index (χ1v) is 6.59. The number of hydrogen-bond acceptors (Lipinski definition) is 3. The zero-order valence-electron chi connectivity index (χ0n) is 9.77. The van der Waals surface area contributed by atoms with E-state index in [1.54, 1.807) is 6.07 Å². The lowest BCUT2D eigenvalue weighted by atomic mass is 10.0. The molecule has 0 unspecified atom stereocenters. The number of halogens is 1. The average Bonchev–Trinajstić information content (AvgIpc) is 2.82. The average molecular weight is 275 g/mol. The van der Waals surface area contributed by atoms with Crippen molar-refractivity contribution in [3.8, 4) is 6.07 Å². The van der Waals surface area contributed by atoms with Gasteiger partial charge in [0.2, 0.25) is 0 Å². The van der Waals surface area contributed by atoms with Crippen molar-refractivity contribution in [2.45, 2.75) is 6.92 Å². The molecular formula is C14H11ClN2S. The first kappa shape index (κ1) is 12.7. The molecule has 0 saturated carbocycles. The summed E-state index contributed by atoms with van der Waals surface area (Å²) in [5, 5.41) is 11.8. The topological polar surface area (TPSA) is 49.8 Å². The molecule has 0 aliphatic carbocycles. The Morgan fingerprint density at radius 1 is 1.39 bits per heavy atom. The van der Waals surface area contributed by atoms with E-state index in [9.17, 15) is 5.26 Å². The van der Waals surface area contributed by atoms with E-state index in [1.807, 2.05) is 36.6 Å². The summed E-state index contributed by atoms with van der Waals surface area (Å²) in [7, 11) is 0. The standard InChI is InChI=1S/C14H11ClN2S/c1-9-5-10(7-11(15)6-9)14(17)12(8-16)13-3-2-4-18-13/h2-7H,17H2,1H3/b14-12+. The molecule has 1 aromatic carbocycles. The molecule has 2 aromatic rings. The Labute approximate surface area is 115 Å². The lowest BCUT2D eigenvalue weighted by molar-refractivity contribution is 1.42. The fraction of sp³-hybridized carbons (Fsp3) is 0.0714. The van der Waals surface area contributed by atoms with E-state index in [0.29, 0.717) is 16.3 Å². The molecule has 2 N–H and O–H groups in total. The minimum absolute atomic E-state index is 0.463. The Hall–Kier alpha value is -1.76. The molecule has 2 rings (SSSR count). The molecule has 0 spiro atoms. The van der Waals surface area contributed by atoms with Gasteiger partial charge in [-0.1, -0.05) is 17.7 Å². The van der Waals surface area contributed by atoms with Crippen LogP contribution in [0.1, 0.15) is 16.0 Å². The molecule has 90 valence electrons. The quantitative estimate of drug-likeness (QED) is 0.840. The number of aryl methyl sites for hydroxylation is 1. The zero-order valence-corrected chi connectivity index (χ0v) is 11.3. The van der Waals surface area contributed by atoms with Crippen molar-refractivity contribution in [1.29, 1.82) is 5.26 Å². The summed E-state index contributed by atoms with van der Waals surface area (Å²) in [4.78, 5) is 0.868. The molecule has 0 saturated heterocycles. The van der Waals surface area contributed by atoms with Gasteiger partial charge in [-0.2, -0.15) is 5.26 Å². The van der Waals surface area contributed by atoms with E-state index in [4.69, 9.17) is 17.3 Å². The maximum absolute atomic E-state index is 9.25. The van der Waals surface area contributed by atoms with Crippen molar-refractivity contribution in [2.24, 2.45) is 5.73 Å². The van der Waals surface area contributed by atoms with Gasteiger partial charge in [-0.05, 0) is 42.1 Å². The Bertz CT molecular complexity index is 616. The molecule has 0 amide bonds.